The maximum absolute atomic E-state index is 5.66. The molecule has 0 spiro atoms. The van der Waals surface area contributed by atoms with Gasteiger partial charge in [-0.05, 0) is 33.7 Å². The van der Waals surface area contributed by atoms with E-state index in [0.29, 0.717) is 0 Å². The van der Waals surface area contributed by atoms with E-state index < -0.39 is 0 Å². The van der Waals surface area contributed by atoms with Gasteiger partial charge in [0.25, 0.3) is 0 Å². The molecule has 140 valence electrons. The Morgan fingerprint density at radius 1 is 0.500 bits per heavy atom. The lowest BCUT2D eigenvalue weighted by atomic mass is 10.1. The summed E-state index contributed by atoms with van der Waals surface area (Å²) in [6, 6.07) is 24.4. The molecule has 6 aromatic carbocycles. The molecule has 0 radical (unpaired) electrons. The van der Waals surface area contributed by atoms with E-state index in [2.05, 4.69) is 66.7 Å². The van der Waals surface area contributed by atoms with Gasteiger partial charge in [0.15, 0.2) is 0 Å². The van der Waals surface area contributed by atoms with Gasteiger partial charge in [0, 0.05) is 41.7 Å². The summed E-state index contributed by atoms with van der Waals surface area (Å²) in [5, 5.41) is 13.7. The van der Waals surface area contributed by atoms with E-state index in [0.717, 1.165) is 5.75 Å². The molecule has 0 fully saturated rings. The van der Waals surface area contributed by atoms with Crippen molar-refractivity contribution >= 4 is 95.3 Å². The highest BCUT2D eigenvalue weighted by Crippen LogP contribution is 2.55. The lowest BCUT2D eigenvalue weighted by Crippen LogP contribution is -1.84. The molecule has 8 rings (SSSR count). The number of fused-ring (bicyclic) bond motifs is 9. The zero-order valence-corrected chi connectivity index (χ0v) is 17.7. The van der Waals surface area contributed by atoms with Crippen LogP contribution < -0.4 is 4.74 Å². The molecular formula is C27H14OS2. The second-order valence-electron chi connectivity index (χ2n) is 8.02. The molecule has 8 aromatic rings. The van der Waals surface area contributed by atoms with Crippen molar-refractivity contribution in [3.63, 3.8) is 0 Å². The number of rotatable bonds is 1. The highest BCUT2D eigenvalue weighted by atomic mass is 32.1. The van der Waals surface area contributed by atoms with E-state index in [1.54, 1.807) is 7.11 Å². The van der Waals surface area contributed by atoms with Crippen LogP contribution in [0.25, 0.3) is 72.7 Å². The highest BCUT2D eigenvalue weighted by Gasteiger charge is 2.23. The summed E-state index contributed by atoms with van der Waals surface area (Å²) in [4.78, 5) is 0. The summed E-state index contributed by atoms with van der Waals surface area (Å²) in [6.07, 6.45) is 0. The second kappa shape index (κ2) is 5.12. The van der Waals surface area contributed by atoms with Crippen LogP contribution in [0.5, 0.6) is 5.75 Å². The number of methoxy groups -OCH3 is 1. The normalized spacial score (nSPS) is 12.8. The van der Waals surface area contributed by atoms with Gasteiger partial charge in [-0.2, -0.15) is 0 Å². The van der Waals surface area contributed by atoms with E-state index in [9.17, 15) is 0 Å². The Labute approximate surface area is 179 Å². The molecule has 0 atom stereocenters. The summed E-state index contributed by atoms with van der Waals surface area (Å²) >= 11 is 3.94. The molecule has 0 aliphatic carbocycles. The number of ether oxygens (including phenoxy) is 1. The van der Waals surface area contributed by atoms with Crippen molar-refractivity contribution in [1.82, 2.24) is 0 Å². The summed E-state index contributed by atoms with van der Waals surface area (Å²) in [5.41, 5.74) is 0. The average molecular weight is 419 g/mol. The lowest BCUT2D eigenvalue weighted by Gasteiger charge is -2.05. The number of thiophene rings is 2. The average Bonchev–Trinajstić information content (AvgIpc) is 3.48. The van der Waals surface area contributed by atoms with Gasteiger partial charge in [-0.15, -0.1) is 22.7 Å². The van der Waals surface area contributed by atoms with E-state index in [1.165, 1.54) is 72.7 Å². The van der Waals surface area contributed by atoms with Gasteiger partial charge >= 0.3 is 0 Å². The topological polar surface area (TPSA) is 9.23 Å². The maximum Gasteiger partial charge on any atom is 0.126 e. The molecule has 0 bridgehead atoms. The molecule has 2 aromatic heterocycles. The third-order valence-electron chi connectivity index (χ3n) is 6.68. The fourth-order valence-electron chi connectivity index (χ4n) is 5.50. The molecule has 0 unspecified atom stereocenters. The standard InChI is InChI=1S/C27H14OS2/c1-28-19-12-11-18-21-14(19)7-4-9-16(21)23-25(18)30-26-22-15-8-2-5-13-6-3-10-17(20(13)15)24(22)29-27(23)26/h2-12H,1H3. The molecule has 0 saturated carbocycles. The number of hydrogen-bond donors (Lipinski definition) is 0. The van der Waals surface area contributed by atoms with Crippen LogP contribution in [0.3, 0.4) is 0 Å². The molecule has 0 N–H and O–H groups in total. The quantitative estimate of drug-likeness (QED) is 0.259. The van der Waals surface area contributed by atoms with Crippen LogP contribution in [0.4, 0.5) is 0 Å². The van der Waals surface area contributed by atoms with Crippen LogP contribution >= 0.6 is 22.7 Å². The zero-order valence-electron chi connectivity index (χ0n) is 16.1. The number of benzene rings is 4. The van der Waals surface area contributed by atoms with Gasteiger partial charge in [0.2, 0.25) is 0 Å². The van der Waals surface area contributed by atoms with E-state index in [-0.39, 0.29) is 0 Å². The first kappa shape index (κ1) is 15.7. The van der Waals surface area contributed by atoms with Gasteiger partial charge in [-0.3, -0.25) is 0 Å². The Balaban J connectivity index is 1.66. The van der Waals surface area contributed by atoms with Crippen molar-refractivity contribution in [1.29, 1.82) is 0 Å². The minimum absolute atomic E-state index is 0.955. The monoisotopic (exact) mass is 418 g/mol. The predicted molar refractivity (Wildman–Crippen MR) is 134 cm³/mol. The zero-order chi connectivity index (χ0) is 19.6. The maximum atomic E-state index is 5.66. The van der Waals surface area contributed by atoms with Crippen molar-refractivity contribution in [3.8, 4) is 5.75 Å². The third kappa shape index (κ3) is 1.61. The molecule has 1 nitrogen and oxygen atoms in total. The van der Waals surface area contributed by atoms with Crippen LogP contribution in [0.1, 0.15) is 0 Å². The van der Waals surface area contributed by atoms with Gasteiger partial charge in [0.05, 0.1) is 16.5 Å². The summed E-state index contributed by atoms with van der Waals surface area (Å²) < 4.78 is 11.4. The molecule has 30 heavy (non-hydrogen) atoms. The van der Waals surface area contributed by atoms with Crippen molar-refractivity contribution in [3.05, 3.63) is 66.7 Å². The summed E-state index contributed by atoms with van der Waals surface area (Å²) in [7, 11) is 1.76. The second-order valence-corrected chi connectivity index (χ2v) is 10.1. The summed E-state index contributed by atoms with van der Waals surface area (Å²) in [6.45, 7) is 0. The van der Waals surface area contributed by atoms with Crippen molar-refractivity contribution < 1.29 is 4.74 Å². The van der Waals surface area contributed by atoms with Crippen LogP contribution in [0.2, 0.25) is 0 Å². The molecular weight excluding hydrogens is 404 g/mol. The minimum atomic E-state index is 0.955. The van der Waals surface area contributed by atoms with Crippen LogP contribution in [-0.4, -0.2) is 7.11 Å². The molecule has 3 heteroatoms. The predicted octanol–water partition coefficient (Wildman–Crippen LogP) is 8.77. The fourth-order valence-corrected chi connectivity index (χ4v) is 8.49. The van der Waals surface area contributed by atoms with E-state index in [1.807, 2.05) is 22.7 Å². The Hall–Kier alpha value is -3.14. The molecule has 0 saturated heterocycles. The van der Waals surface area contributed by atoms with Crippen LogP contribution in [-0.2, 0) is 0 Å². The lowest BCUT2D eigenvalue weighted by molar-refractivity contribution is 0.420. The first-order chi connectivity index (χ1) is 14.8. The van der Waals surface area contributed by atoms with E-state index >= 15 is 0 Å². The Kier molecular flexibility index (Phi) is 2.67. The van der Waals surface area contributed by atoms with Crippen molar-refractivity contribution in [2.45, 2.75) is 0 Å². The van der Waals surface area contributed by atoms with Gasteiger partial charge < -0.3 is 4.74 Å². The Morgan fingerprint density at radius 2 is 1.07 bits per heavy atom. The Morgan fingerprint density at radius 3 is 1.77 bits per heavy atom. The summed E-state index contributed by atoms with van der Waals surface area (Å²) in [5.74, 6) is 0.955. The van der Waals surface area contributed by atoms with Crippen LogP contribution in [0, 0.1) is 0 Å². The Bertz CT molecular complexity index is 1930. The molecule has 0 aliphatic rings. The number of hydrogen-bond acceptors (Lipinski definition) is 3. The minimum Gasteiger partial charge on any atom is -0.496 e. The first-order valence-electron chi connectivity index (χ1n) is 10.1. The molecule has 0 amide bonds. The molecule has 0 aliphatic heterocycles. The van der Waals surface area contributed by atoms with Gasteiger partial charge in [-0.1, -0.05) is 54.6 Å². The SMILES string of the molecule is COc1ccc2c3sc4c(sc5c6cccc7cccc(c76)c54)c3c3cccc1c23. The van der Waals surface area contributed by atoms with Gasteiger partial charge in [0.1, 0.15) is 5.75 Å². The van der Waals surface area contributed by atoms with Crippen molar-refractivity contribution in [2.24, 2.45) is 0 Å². The fraction of sp³-hybridized carbons (Fsp3) is 0.0370. The first-order valence-corrected chi connectivity index (χ1v) is 11.7. The highest BCUT2D eigenvalue weighted by molar-refractivity contribution is 7.38. The third-order valence-corrected chi connectivity index (χ3v) is 9.29. The van der Waals surface area contributed by atoms with Crippen molar-refractivity contribution in [2.75, 3.05) is 7.11 Å². The van der Waals surface area contributed by atoms with Gasteiger partial charge in [-0.25, -0.2) is 0 Å². The molecule has 2 heterocycles. The largest absolute Gasteiger partial charge is 0.496 e. The van der Waals surface area contributed by atoms with E-state index in [4.69, 9.17) is 4.74 Å². The van der Waals surface area contributed by atoms with Crippen LogP contribution in [0.15, 0.2) is 66.7 Å². The smallest absolute Gasteiger partial charge is 0.126 e.